The molecule has 4 aromatic rings. The van der Waals surface area contributed by atoms with Crippen LogP contribution in [0.3, 0.4) is 0 Å². The van der Waals surface area contributed by atoms with Crippen LogP contribution in [0.4, 0.5) is 5.82 Å². The van der Waals surface area contributed by atoms with Crippen LogP contribution < -0.4 is 9.64 Å². The lowest BCUT2D eigenvalue weighted by Gasteiger charge is -2.27. The van der Waals surface area contributed by atoms with Crippen molar-refractivity contribution in [2.24, 2.45) is 5.41 Å². The molecule has 0 radical (unpaired) electrons. The summed E-state index contributed by atoms with van der Waals surface area (Å²) in [5.74, 6) is 0.971. The number of esters is 1. The lowest BCUT2D eigenvalue weighted by Crippen LogP contribution is -2.34. The van der Waals surface area contributed by atoms with Crippen LogP contribution in [-0.4, -0.2) is 31.1 Å². The van der Waals surface area contributed by atoms with Gasteiger partial charge in [0.05, 0.1) is 26.3 Å². The lowest BCUT2D eigenvalue weighted by molar-refractivity contribution is -0.120. The van der Waals surface area contributed by atoms with Crippen LogP contribution in [0.5, 0.6) is 5.75 Å². The Balaban J connectivity index is 0.00000205. The summed E-state index contributed by atoms with van der Waals surface area (Å²) in [6.45, 7) is 10.5. The first-order valence-electron chi connectivity index (χ1n) is 13.2. The summed E-state index contributed by atoms with van der Waals surface area (Å²) in [5, 5.41) is 1.61. The Kier molecular flexibility index (Phi) is 9.83. The van der Waals surface area contributed by atoms with E-state index in [-0.39, 0.29) is 11.3 Å². The van der Waals surface area contributed by atoms with Gasteiger partial charge in [0.1, 0.15) is 11.6 Å². The van der Waals surface area contributed by atoms with Gasteiger partial charge in [-0.25, -0.2) is 9.78 Å². The summed E-state index contributed by atoms with van der Waals surface area (Å²) < 4.78 is 10.1. The third-order valence-electron chi connectivity index (χ3n) is 6.12. The summed E-state index contributed by atoms with van der Waals surface area (Å²) in [6, 6.07) is 23.3. The lowest BCUT2D eigenvalue weighted by atomic mass is 9.91. The Bertz CT molecular complexity index is 1400. The van der Waals surface area contributed by atoms with Crippen molar-refractivity contribution < 1.29 is 19.1 Å². The third kappa shape index (κ3) is 7.44. The molecule has 0 spiro atoms. The predicted molar refractivity (Wildman–Crippen MR) is 158 cm³/mol. The summed E-state index contributed by atoms with van der Waals surface area (Å²) in [4.78, 5) is 32.0. The Labute approximate surface area is 231 Å². The average molecular weight is 527 g/mol. The maximum Gasteiger partial charge on any atom is 0.337 e. The summed E-state index contributed by atoms with van der Waals surface area (Å²) in [5.41, 5.74) is 3.43. The first-order valence-corrected chi connectivity index (χ1v) is 13.2. The minimum atomic E-state index is -0.405. The fourth-order valence-electron chi connectivity index (χ4n) is 4.22. The van der Waals surface area contributed by atoms with Gasteiger partial charge >= 0.3 is 5.97 Å². The maximum atomic E-state index is 13.6. The van der Waals surface area contributed by atoms with E-state index in [2.05, 4.69) is 17.1 Å². The van der Waals surface area contributed by atoms with E-state index in [4.69, 9.17) is 9.47 Å². The minimum Gasteiger partial charge on any atom is -0.497 e. The zero-order valence-corrected chi connectivity index (χ0v) is 23.9. The molecule has 6 nitrogen and oxygen atoms in total. The molecule has 1 aromatic heterocycles. The topological polar surface area (TPSA) is 68.7 Å². The van der Waals surface area contributed by atoms with E-state index in [0.717, 1.165) is 33.2 Å². The molecule has 0 bridgehead atoms. The first kappa shape index (κ1) is 29.4. The minimum absolute atomic E-state index is 0.0104. The molecule has 0 N–H and O–H groups in total. The van der Waals surface area contributed by atoms with E-state index in [1.165, 1.54) is 7.11 Å². The molecule has 39 heavy (non-hydrogen) atoms. The molecule has 204 valence electrons. The van der Waals surface area contributed by atoms with Crippen LogP contribution in [-0.2, 0) is 16.1 Å². The maximum absolute atomic E-state index is 13.6. The van der Waals surface area contributed by atoms with E-state index in [9.17, 15) is 9.59 Å². The van der Waals surface area contributed by atoms with Crippen LogP contribution in [0.15, 0.2) is 79.0 Å². The normalized spacial score (nSPS) is 10.8. The van der Waals surface area contributed by atoms with Gasteiger partial charge in [0, 0.05) is 18.0 Å². The Morgan fingerprint density at radius 3 is 2.03 bits per heavy atom. The fourth-order valence-corrected chi connectivity index (χ4v) is 4.22. The van der Waals surface area contributed by atoms with Crippen LogP contribution >= 0.6 is 0 Å². The molecular weight excluding hydrogens is 488 g/mol. The molecule has 0 aliphatic carbocycles. The number of methoxy groups -OCH3 is 2. The molecule has 0 unspecified atom stereocenters. The van der Waals surface area contributed by atoms with Crippen molar-refractivity contribution in [3.05, 3.63) is 90.1 Å². The summed E-state index contributed by atoms with van der Waals surface area (Å²) in [6.07, 6.45) is 2.04. The van der Waals surface area contributed by atoms with Gasteiger partial charge in [-0.1, -0.05) is 71.0 Å². The molecule has 4 rings (SSSR count). The highest BCUT2D eigenvalue weighted by Gasteiger charge is 2.25. The van der Waals surface area contributed by atoms with Crippen molar-refractivity contribution in [1.82, 2.24) is 4.98 Å². The van der Waals surface area contributed by atoms with E-state index in [0.29, 0.717) is 24.3 Å². The SMILES string of the molecule is CC.COC(=O)c1ccc2c(N(Cc3ccc(-c4ccc(OC)cc4)cc3)C(=O)CC(C)(C)C)nccc2c1. The second kappa shape index (κ2) is 13.1. The number of aromatic nitrogens is 1. The van der Waals surface area contributed by atoms with Crippen molar-refractivity contribution in [2.75, 3.05) is 19.1 Å². The molecule has 0 fully saturated rings. The van der Waals surface area contributed by atoms with Crippen molar-refractivity contribution in [1.29, 1.82) is 0 Å². The Hall–Kier alpha value is -4.19. The average Bonchev–Trinajstić information content (AvgIpc) is 2.95. The number of benzene rings is 3. The molecule has 0 aliphatic rings. The highest BCUT2D eigenvalue weighted by Crippen LogP contribution is 2.30. The number of rotatable bonds is 7. The van der Waals surface area contributed by atoms with Crippen LogP contribution in [0.25, 0.3) is 21.9 Å². The second-order valence-corrected chi connectivity index (χ2v) is 10.2. The van der Waals surface area contributed by atoms with Gasteiger partial charge in [-0.3, -0.25) is 9.69 Å². The molecule has 1 heterocycles. The number of fused-ring (bicyclic) bond motifs is 1. The van der Waals surface area contributed by atoms with Crippen molar-refractivity contribution in [2.45, 2.75) is 47.6 Å². The number of pyridine rings is 1. The van der Waals surface area contributed by atoms with Crippen molar-refractivity contribution in [3.8, 4) is 16.9 Å². The summed E-state index contributed by atoms with van der Waals surface area (Å²) >= 11 is 0. The molecule has 1 amide bonds. The number of hydrogen-bond acceptors (Lipinski definition) is 5. The van der Waals surface area contributed by atoms with Crippen LogP contribution in [0.1, 0.15) is 57.0 Å². The highest BCUT2D eigenvalue weighted by atomic mass is 16.5. The van der Waals surface area contributed by atoms with Gasteiger partial charge < -0.3 is 9.47 Å². The Morgan fingerprint density at radius 1 is 0.846 bits per heavy atom. The van der Waals surface area contributed by atoms with E-state index >= 15 is 0 Å². The predicted octanol–water partition coefficient (Wildman–Crippen LogP) is 7.69. The number of nitrogens with zero attached hydrogens (tertiary/aromatic N) is 2. The van der Waals surface area contributed by atoms with Gasteiger partial charge in [-0.15, -0.1) is 0 Å². The molecule has 0 saturated heterocycles. The summed E-state index contributed by atoms with van der Waals surface area (Å²) in [7, 11) is 3.01. The first-order chi connectivity index (χ1) is 18.7. The molecular formula is C33H38N2O4. The molecule has 0 saturated carbocycles. The van der Waals surface area contributed by atoms with Crippen LogP contribution in [0, 0.1) is 5.41 Å². The molecule has 6 heteroatoms. The number of carbonyl (C=O) groups excluding carboxylic acids is 2. The van der Waals surface area contributed by atoms with Gasteiger partial charge in [-0.05, 0) is 63.9 Å². The smallest absolute Gasteiger partial charge is 0.337 e. The zero-order valence-electron chi connectivity index (χ0n) is 23.9. The van der Waals surface area contributed by atoms with Gasteiger partial charge in [0.2, 0.25) is 5.91 Å². The Morgan fingerprint density at radius 2 is 1.46 bits per heavy atom. The quantitative estimate of drug-likeness (QED) is 0.231. The number of ether oxygens (including phenoxy) is 2. The van der Waals surface area contributed by atoms with Gasteiger partial charge in [0.15, 0.2) is 0 Å². The number of carbonyl (C=O) groups is 2. The highest BCUT2D eigenvalue weighted by molar-refractivity contribution is 6.04. The molecule has 3 aromatic carbocycles. The van der Waals surface area contributed by atoms with Crippen LogP contribution in [0.2, 0.25) is 0 Å². The number of amides is 1. The van der Waals surface area contributed by atoms with E-state index in [1.54, 1.807) is 30.3 Å². The number of anilines is 1. The zero-order chi connectivity index (χ0) is 28.6. The van der Waals surface area contributed by atoms with E-state index in [1.807, 2.05) is 83.1 Å². The van der Waals surface area contributed by atoms with Gasteiger partial charge in [0.25, 0.3) is 0 Å². The number of hydrogen-bond donors (Lipinski definition) is 0. The third-order valence-corrected chi connectivity index (χ3v) is 6.12. The van der Waals surface area contributed by atoms with E-state index < -0.39 is 5.97 Å². The standard InChI is InChI=1S/C31H32N2O4.C2H6/c1-31(2,3)19-28(34)33(29-27-15-12-25(30(35)37-5)18-24(27)16-17-32-29)20-21-6-8-22(9-7-21)23-10-13-26(36-4)14-11-23;1-2/h6-18H,19-20H2,1-5H3;1-2H3. The monoisotopic (exact) mass is 526 g/mol. The largest absolute Gasteiger partial charge is 0.497 e. The molecule has 0 aliphatic heterocycles. The van der Waals surface area contributed by atoms with Crippen molar-refractivity contribution in [3.63, 3.8) is 0 Å². The second-order valence-electron chi connectivity index (χ2n) is 10.2. The van der Waals surface area contributed by atoms with Gasteiger partial charge in [-0.2, -0.15) is 0 Å². The fraction of sp³-hybridized carbons (Fsp3) is 0.303. The van der Waals surface area contributed by atoms with Crippen molar-refractivity contribution >= 4 is 28.5 Å². The molecule has 0 atom stereocenters.